The first kappa shape index (κ1) is 25.2. The molecule has 1 amide bonds. The van der Waals surface area contributed by atoms with Crippen LogP contribution in [0.3, 0.4) is 0 Å². The van der Waals surface area contributed by atoms with E-state index in [0.29, 0.717) is 0 Å². The van der Waals surface area contributed by atoms with Crippen LogP contribution in [-0.4, -0.2) is 37.0 Å². The van der Waals surface area contributed by atoms with E-state index in [-0.39, 0.29) is 42.7 Å². The molecule has 3 N–H and O–H groups in total. The van der Waals surface area contributed by atoms with Gasteiger partial charge >= 0.3 is 0 Å². The number of halogens is 2. The highest BCUT2D eigenvalue weighted by Gasteiger charge is 2.21. The van der Waals surface area contributed by atoms with Gasteiger partial charge in [0.2, 0.25) is 5.91 Å². The third-order valence-corrected chi connectivity index (χ3v) is 5.04. The van der Waals surface area contributed by atoms with Crippen LogP contribution in [0.5, 0.6) is 0 Å². The number of benzene rings is 1. The molecule has 2 unspecified atom stereocenters. The van der Waals surface area contributed by atoms with Gasteiger partial charge < -0.3 is 16.0 Å². The molecule has 1 saturated heterocycles. The molecular weight excluding hydrogens is 369 g/mol. The quantitative estimate of drug-likeness (QED) is 0.613. The number of rotatable bonds is 9. The average Bonchev–Trinajstić information content (AvgIpc) is 2.64. The van der Waals surface area contributed by atoms with Crippen LogP contribution in [0.4, 0.5) is 0 Å². The summed E-state index contributed by atoms with van der Waals surface area (Å²) in [5.74, 6) is -0.150. The summed E-state index contributed by atoms with van der Waals surface area (Å²) in [5, 5.41) is 3.04. The van der Waals surface area contributed by atoms with Crippen LogP contribution >= 0.6 is 24.8 Å². The van der Waals surface area contributed by atoms with Crippen molar-refractivity contribution in [3.8, 4) is 0 Å². The van der Waals surface area contributed by atoms with E-state index in [9.17, 15) is 4.79 Å². The molecule has 0 aromatic heterocycles. The van der Waals surface area contributed by atoms with Gasteiger partial charge in [0, 0.05) is 12.6 Å². The van der Waals surface area contributed by atoms with Gasteiger partial charge in [-0.2, -0.15) is 0 Å². The predicted octanol–water partition coefficient (Wildman–Crippen LogP) is 3.94. The standard InChI is InChI=1S/C20H33N3O.2ClH/c1-17(19(21)18-11-5-2-6-12-18)20(24)22-13-7-3-8-14-23-15-9-4-10-16-23;;/h2,5-6,11-12,17,19H,3-4,7-10,13-16,21H2,1H3,(H,22,24);2*1H. The molecule has 6 heteroatoms. The Balaban J connectivity index is 0.00000312. The van der Waals surface area contributed by atoms with Gasteiger partial charge in [0.1, 0.15) is 0 Å². The number of amides is 1. The fraction of sp³-hybridized carbons (Fsp3) is 0.650. The summed E-state index contributed by atoms with van der Waals surface area (Å²) in [6.45, 7) is 6.41. The van der Waals surface area contributed by atoms with Gasteiger partial charge in [0.05, 0.1) is 5.92 Å². The van der Waals surface area contributed by atoms with E-state index in [1.807, 2.05) is 37.3 Å². The summed E-state index contributed by atoms with van der Waals surface area (Å²) in [6.07, 6.45) is 7.56. The number of hydrogen-bond donors (Lipinski definition) is 2. The van der Waals surface area contributed by atoms with Crippen molar-refractivity contribution in [2.24, 2.45) is 11.7 Å². The topological polar surface area (TPSA) is 58.4 Å². The van der Waals surface area contributed by atoms with Crippen molar-refractivity contribution in [1.82, 2.24) is 10.2 Å². The number of nitrogens with one attached hydrogen (secondary N) is 1. The molecule has 0 radical (unpaired) electrons. The Kier molecular flexibility index (Phi) is 13.8. The van der Waals surface area contributed by atoms with Crippen molar-refractivity contribution in [2.75, 3.05) is 26.2 Å². The largest absolute Gasteiger partial charge is 0.356 e. The van der Waals surface area contributed by atoms with E-state index in [1.54, 1.807) is 0 Å². The second kappa shape index (κ2) is 14.3. The van der Waals surface area contributed by atoms with Crippen LogP contribution in [0.2, 0.25) is 0 Å². The molecule has 1 aliphatic rings. The molecule has 1 aromatic rings. The zero-order chi connectivity index (χ0) is 17.2. The van der Waals surface area contributed by atoms with Crippen molar-refractivity contribution >= 4 is 30.7 Å². The molecule has 4 nitrogen and oxygen atoms in total. The summed E-state index contributed by atoms with van der Waals surface area (Å²) in [5.41, 5.74) is 7.22. The Morgan fingerprint density at radius 1 is 1.08 bits per heavy atom. The first-order valence-corrected chi connectivity index (χ1v) is 9.49. The summed E-state index contributed by atoms with van der Waals surface area (Å²) >= 11 is 0. The predicted molar refractivity (Wildman–Crippen MR) is 114 cm³/mol. The highest BCUT2D eigenvalue weighted by atomic mass is 35.5. The van der Waals surface area contributed by atoms with Crippen LogP contribution < -0.4 is 11.1 Å². The van der Waals surface area contributed by atoms with Crippen LogP contribution in [0, 0.1) is 5.92 Å². The summed E-state index contributed by atoms with van der Waals surface area (Å²) in [7, 11) is 0. The minimum absolute atomic E-state index is 0. The number of carbonyl (C=O) groups is 1. The third kappa shape index (κ3) is 8.72. The maximum Gasteiger partial charge on any atom is 0.224 e. The fourth-order valence-corrected chi connectivity index (χ4v) is 3.32. The SMILES string of the molecule is CC(C(=O)NCCCCCN1CCCCC1)C(N)c1ccccc1.Cl.Cl. The molecule has 0 bridgehead atoms. The van der Waals surface area contributed by atoms with Crippen molar-refractivity contribution in [3.05, 3.63) is 35.9 Å². The lowest BCUT2D eigenvalue weighted by Crippen LogP contribution is -2.36. The molecule has 1 fully saturated rings. The summed E-state index contributed by atoms with van der Waals surface area (Å²) < 4.78 is 0. The van der Waals surface area contributed by atoms with Crippen molar-refractivity contribution in [1.29, 1.82) is 0 Å². The Hall–Kier alpha value is -0.810. The zero-order valence-electron chi connectivity index (χ0n) is 15.9. The molecule has 0 spiro atoms. The van der Waals surface area contributed by atoms with Crippen LogP contribution in [0.1, 0.15) is 57.1 Å². The second-order valence-electron chi connectivity index (χ2n) is 6.98. The van der Waals surface area contributed by atoms with Gasteiger partial charge in [0.25, 0.3) is 0 Å². The monoisotopic (exact) mass is 403 g/mol. The van der Waals surface area contributed by atoms with E-state index in [4.69, 9.17) is 5.73 Å². The first-order chi connectivity index (χ1) is 11.7. The number of likely N-dealkylation sites (tertiary alicyclic amines) is 1. The molecule has 150 valence electrons. The third-order valence-electron chi connectivity index (χ3n) is 5.04. The number of nitrogens with zero attached hydrogens (tertiary/aromatic N) is 1. The van der Waals surface area contributed by atoms with Crippen molar-refractivity contribution in [2.45, 2.75) is 51.5 Å². The molecule has 2 atom stereocenters. The van der Waals surface area contributed by atoms with Crippen LogP contribution in [0.25, 0.3) is 0 Å². The highest BCUT2D eigenvalue weighted by Crippen LogP contribution is 2.19. The Morgan fingerprint density at radius 2 is 1.73 bits per heavy atom. The van der Waals surface area contributed by atoms with E-state index in [0.717, 1.165) is 18.5 Å². The van der Waals surface area contributed by atoms with Gasteiger partial charge in [0.15, 0.2) is 0 Å². The molecule has 0 aliphatic carbocycles. The Bertz CT molecular complexity index is 481. The molecule has 1 aromatic carbocycles. The molecule has 26 heavy (non-hydrogen) atoms. The van der Waals surface area contributed by atoms with Gasteiger partial charge in [-0.25, -0.2) is 0 Å². The smallest absolute Gasteiger partial charge is 0.224 e. The van der Waals surface area contributed by atoms with Gasteiger partial charge in [-0.3, -0.25) is 4.79 Å². The maximum absolute atomic E-state index is 12.2. The normalized spacial score (nSPS) is 16.7. The lowest BCUT2D eigenvalue weighted by atomic mass is 9.94. The number of piperidine rings is 1. The molecule has 1 heterocycles. The van der Waals surface area contributed by atoms with E-state index >= 15 is 0 Å². The van der Waals surface area contributed by atoms with Crippen LogP contribution in [0.15, 0.2) is 30.3 Å². The highest BCUT2D eigenvalue weighted by molar-refractivity contribution is 5.85. The molecule has 0 saturated carbocycles. The minimum Gasteiger partial charge on any atom is -0.356 e. The minimum atomic E-state index is -0.245. The zero-order valence-corrected chi connectivity index (χ0v) is 17.5. The molecular formula is C20H35Cl2N3O. The number of nitrogens with two attached hydrogens (primary N) is 1. The number of hydrogen-bond acceptors (Lipinski definition) is 3. The van der Waals surface area contributed by atoms with E-state index < -0.39 is 0 Å². The van der Waals surface area contributed by atoms with E-state index in [2.05, 4.69) is 10.2 Å². The van der Waals surface area contributed by atoms with Crippen molar-refractivity contribution in [3.63, 3.8) is 0 Å². The van der Waals surface area contributed by atoms with E-state index in [1.165, 1.54) is 51.7 Å². The number of unbranched alkanes of at least 4 members (excludes halogenated alkanes) is 2. The Labute approximate surface area is 171 Å². The lowest BCUT2D eigenvalue weighted by Gasteiger charge is -2.26. The number of carbonyl (C=O) groups excluding carboxylic acids is 1. The fourth-order valence-electron chi connectivity index (χ4n) is 3.32. The average molecular weight is 404 g/mol. The molecule has 2 rings (SSSR count). The van der Waals surface area contributed by atoms with Gasteiger partial charge in [-0.1, -0.05) is 50.1 Å². The summed E-state index contributed by atoms with van der Waals surface area (Å²) in [6, 6.07) is 9.60. The van der Waals surface area contributed by atoms with Crippen molar-refractivity contribution < 1.29 is 4.79 Å². The van der Waals surface area contributed by atoms with Crippen LogP contribution in [-0.2, 0) is 4.79 Å². The summed E-state index contributed by atoms with van der Waals surface area (Å²) in [4.78, 5) is 14.8. The second-order valence-corrected chi connectivity index (χ2v) is 6.98. The molecule has 1 aliphatic heterocycles. The Morgan fingerprint density at radius 3 is 2.38 bits per heavy atom. The lowest BCUT2D eigenvalue weighted by molar-refractivity contribution is -0.125. The maximum atomic E-state index is 12.2. The first-order valence-electron chi connectivity index (χ1n) is 9.49. The van der Waals surface area contributed by atoms with Gasteiger partial charge in [-0.15, -0.1) is 24.8 Å². The van der Waals surface area contributed by atoms with Gasteiger partial charge in [-0.05, 0) is 50.9 Å².